The Labute approximate surface area is 114 Å². The average Bonchev–Trinajstić information content (AvgIpc) is 2.88. The molecule has 5 nitrogen and oxygen atoms in total. The smallest absolute Gasteiger partial charge is 0.295 e. The molecule has 100 valence electrons. The molecule has 0 amide bonds. The van der Waals surface area contributed by atoms with Crippen LogP contribution in [0.15, 0.2) is 22.6 Å². The number of nitrogens with zero attached hydrogens (tertiary/aromatic N) is 1. The minimum atomic E-state index is -0.263. The molecule has 19 heavy (non-hydrogen) atoms. The van der Waals surface area contributed by atoms with Gasteiger partial charge in [0.2, 0.25) is 5.75 Å². The van der Waals surface area contributed by atoms with E-state index >= 15 is 0 Å². The first-order chi connectivity index (χ1) is 9.29. The Morgan fingerprint density at radius 1 is 1.58 bits per heavy atom. The molecular weight excluding hydrogens is 262 g/mol. The van der Waals surface area contributed by atoms with Gasteiger partial charge in [-0.25, -0.2) is 4.98 Å². The molecule has 1 aliphatic rings. The van der Waals surface area contributed by atoms with Crippen molar-refractivity contribution in [3.05, 3.63) is 38.6 Å². The zero-order valence-electron chi connectivity index (χ0n) is 10.6. The van der Waals surface area contributed by atoms with E-state index in [1.807, 2.05) is 0 Å². The fraction of sp³-hybridized carbons (Fsp3) is 0.385. The molecule has 0 bridgehead atoms. The topological polar surface area (TPSA) is 67.0 Å². The number of fused-ring (bicyclic) bond motifs is 1. The molecule has 0 saturated carbocycles. The molecule has 0 saturated heterocycles. The molecule has 0 radical (unpaired) electrons. The second kappa shape index (κ2) is 5.05. The number of thiophene rings is 1. The van der Waals surface area contributed by atoms with E-state index in [9.17, 15) is 4.79 Å². The van der Waals surface area contributed by atoms with E-state index < -0.39 is 0 Å². The summed E-state index contributed by atoms with van der Waals surface area (Å²) in [4.78, 5) is 19.8. The number of nitrogens with one attached hydrogen (secondary N) is 2. The third kappa shape index (κ3) is 2.23. The largest absolute Gasteiger partial charge is 0.489 e. The second-order valence-electron chi connectivity index (χ2n) is 4.50. The Hall–Kier alpha value is -1.82. The molecule has 2 N–H and O–H groups in total. The zero-order chi connectivity index (χ0) is 13.2. The van der Waals surface area contributed by atoms with Gasteiger partial charge in [0, 0.05) is 4.88 Å². The highest BCUT2D eigenvalue weighted by molar-refractivity contribution is 7.10. The molecule has 0 aromatic carbocycles. The van der Waals surface area contributed by atoms with Crippen LogP contribution < -0.4 is 15.6 Å². The minimum absolute atomic E-state index is 0.207. The average molecular weight is 277 g/mol. The number of hydrogen-bond donors (Lipinski definition) is 2. The maximum atomic E-state index is 11.6. The van der Waals surface area contributed by atoms with E-state index in [-0.39, 0.29) is 17.4 Å². The maximum absolute atomic E-state index is 11.6. The van der Waals surface area contributed by atoms with E-state index in [2.05, 4.69) is 26.7 Å². The van der Waals surface area contributed by atoms with Crippen molar-refractivity contribution in [2.75, 3.05) is 12.4 Å². The first-order valence-corrected chi connectivity index (χ1v) is 7.12. The van der Waals surface area contributed by atoms with Crippen molar-refractivity contribution in [1.82, 2.24) is 9.97 Å². The van der Waals surface area contributed by atoms with Crippen LogP contribution in [-0.4, -0.2) is 17.1 Å². The number of rotatable bonds is 3. The van der Waals surface area contributed by atoms with Gasteiger partial charge in [-0.3, -0.25) is 4.79 Å². The Balaban J connectivity index is 1.92. The van der Waals surface area contributed by atoms with Crippen molar-refractivity contribution >= 4 is 17.2 Å². The van der Waals surface area contributed by atoms with Gasteiger partial charge in [0.15, 0.2) is 5.82 Å². The van der Waals surface area contributed by atoms with E-state index in [0.717, 1.165) is 19.3 Å². The molecule has 0 aliphatic heterocycles. The summed E-state index contributed by atoms with van der Waals surface area (Å²) in [6.45, 7) is 0. The molecule has 1 atom stereocenters. The lowest BCUT2D eigenvalue weighted by Gasteiger charge is -2.24. The SMILES string of the molecule is COc1c(NC2CCCc3sccc32)nc[nH]c1=O. The standard InChI is InChI=1S/C13H15N3O2S/c1-18-11-12(14-7-15-13(11)17)16-9-3-2-4-10-8(9)5-6-19-10/h5-7,9H,2-4H2,1H3,(H2,14,15,16,17). The highest BCUT2D eigenvalue weighted by atomic mass is 32.1. The van der Waals surface area contributed by atoms with Crippen LogP contribution in [0, 0.1) is 0 Å². The van der Waals surface area contributed by atoms with Gasteiger partial charge in [0.05, 0.1) is 19.5 Å². The fourth-order valence-corrected chi connectivity index (χ4v) is 3.47. The van der Waals surface area contributed by atoms with E-state index in [0.29, 0.717) is 5.82 Å². The molecular formula is C13H15N3O2S. The molecule has 3 rings (SSSR count). The van der Waals surface area contributed by atoms with Gasteiger partial charge in [-0.05, 0) is 36.3 Å². The Bertz CT molecular complexity index is 635. The lowest BCUT2D eigenvalue weighted by Crippen LogP contribution is -2.19. The van der Waals surface area contributed by atoms with Gasteiger partial charge in [0.25, 0.3) is 5.56 Å². The van der Waals surface area contributed by atoms with Crippen LogP contribution in [0.3, 0.4) is 0 Å². The van der Waals surface area contributed by atoms with Crippen LogP contribution >= 0.6 is 11.3 Å². The van der Waals surface area contributed by atoms with Crippen molar-refractivity contribution in [3.8, 4) is 5.75 Å². The number of ether oxygens (including phenoxy) is 1. The quantitative estimate of drug-likeness (QED) is 0.903. The van der Waals surface area contributed by atoms with Crippen LogP contribution in [-0.2, 0) is 6.42 Å². The van der Waals surface area contributed by atoms with Crippen LogP contribution in [0.1, 0.15) is 29.3 Å². The highest BCUT2D eigenvalue weighted by Gasteiger charge is 2.23. The predicted octanol–water partition coefficient (Wildman–Crippen LogP) is 2.33. The lowest BCUT2D eigenvalue weighted by molar-refractivity contribution is 0.407. The number of anilines is 1. The van der Waals surface area contributed by atoms with Crippen molar-refractivity contribution in [3.63, 3.8) is 0 Å². The van der Waals surface area contributed by atoms with E-state index in [4.69, 9.17) is 4.74 Å². The maximum Gasteiger partial charge on any atom is 0.295 e. The summed E-state index contributed by atoms with van der Waals surface area (Å²) in [7, 11) is 1.48. The number of aromatic nitrogens is 2. The first-order valence-electron chi connectivity index (χ1n) is 6.24. The van der Waals surface area contributed by atoms with Crippen molar-refractivity contribution in [2.45, 2.75) is 25.3 Å². The van der Waals surface area contributed by atoms with Gasteiger partial charge < -0.3 is 15.0 Å². The zero-order valence-corrected chi connectivity index (χ0v) is 11.4. The first kappa shape index (κ1) is 12.2. The number of H-pyrrole nitrogens is 1. The monoisotopic (exact) mass is 277 g/mol. The summed E-state index contributed by atoms with van der Waals surface area (Å²) in [5, 5.41) is 5.45. The summed E-state index contributed by atoms with van der Waals surface area (Å²) in [5.74, 6) is 0.750. The van der Waals surface area contributed by atoms with Crippen LogP contribution in [0.5, 0.6) is 5.75 Å². The van der Waals surface area contributed by atoms with Crippen LogP contribution in [0.25, 0.3) is 0 Å². The second-order valence-corrected chi connectivity index (χ2v) is 5.50. The summed E-state index contributed by atoms with van der Waals surface area (Å²) < 4.78 is 5.12. The van der Waals surface area contributed by atoms with Crippen LogP contribution in [0.2, 0.25) is 0 Å². The van der Waals surface area contributed by atoms with Crippen molar-refractivity contribution in [1.29, 1.82) is 0 Å². The minimum Gasteiger partial charge on any atom is -0.489 e. The Morgan fingerprint density at radius 2 is 2.47 bits per heavy atom. The number of aromatic amines is 1. The third-order valence-electron chi connectivity index (χ3n) is 3.38. The number of aryl methyl sites for hydroxylation is 1. The molecule has 0 spiro atoms. The number of methoxy groups -OCH3 is 1. The Morgan fingerprint density at radius 3 is 3.32 bits per heavy atom. The predicted molar refractivity (Wildman–Crippen MR) is 75.0 cm³/mol. The van der Waals surface area contributed by atoms with E-state index in [1.165, 1.54) is 23.9 Å². The normalized spacial score (nSPS) is 17.8. The fourth-order valence-electron chi connectivity index (χ4n) is 2.48. The molecule has 6 heteroatoms. The molecule has 0 fully saturated rings. The molecule has 1 unspecified atom stereocenters. The summed E-state index contributed by atoms with van der Waals surface area (Å²) in [6.07, 6.45) is 4.73. The van der Waals surface area contributed by atoms with Gasteiger partial charge in [-0.15, -0.1) is 11.3 Å². The molecule has 2 aromatic heterocycles. The summed E-state index contributed by atoms with van der Waals surface area (Å²) in [5.41, 5.74) is 1.06. The van der Waals surface area contributed by atoms with Gasteiger partial charge in [0.1, 0.15) is 0 Å². The van der Waals surface area contributed by atoms with E-state index in [1.54, 1.807) is 11.3 Å². The lowest BCUT2D eigenvalue weighted by atomic mass is 9.94. The van der Waals surface area contributed by atoms with Gasteiger partial charge >= 0.3 is 0 Å². The highest BCUT2D eigenvalue weighted by Crippen LogP contribution is 2.36. The third-order valence-corrected chi connectivity index (χ3v) is 4.37. The van der Waals surface area contributed by atoms with Gasteiger partial charge in [-0.2, -0.15) is 0 Å². The molecule has 2 aromatic rings. The van der Waals surface area contributed by atoms with Crippen molar-refractivity contribution in [2.24, 2.45) is 0 Å². The van der Waals surface area contributed by atoms with Gasteiger partial charge in [-0.1, -0.05) is 0 Å². The molecule has 1 aliphatic carbocycles. The summed E-state index contributed by atoms with van der Waals surface area (Å²) in [6, 6.07) is 2.36. The Kier molecular flexibility index (Phi) is 3.25. The van der Waals surface area contributed by atoms with Crippen molar-refractivity contribution < 1.29 is 4.74 Å². The summed E-state index contributed by atoms with van der Waals surface area (Å²) >= 11 is 1.79. The molecule has 2 heterocycles. The number of hydrogen-bond acceptors (Lipinski definition) is 5. The van der Waals surface area contributed by atoms with Crippen LogP contribution in [0.4, 0.5) is 5.82 Å².